The van der Waals surface area contributed by atoms with Crippen LogP contribution in [0.3, 0.4) is 0 Å². The lowest BCUT2D eigenvalue weighted by Crippen LogP contribution is -2.43. The minimum absolute atomic E-state index is 0.00149. The first kappa shape index (κ1) is 20.3. The molecule has 2 aliphatic heterocycles. The summed E-state index contributed by atoms with van der Waals surface area (Å²) in [5.74, 6) is -1.84. The summed E-state index contributed by atoms with van der Waals surface area (Å²) in [4.78, 5) is 52.8. The second kappa shape index (κ2) is 8.42. The molecule has 3 aliphatic rings. The number of hydrogen-bond acceptors (Lipinski definition) is 5. The molecule has 0 bridgehead atoms. The van der Waals surface area contributed by atoms with E-state index in [1.54, 1.807) is 11.8 Å². The number of hydrogen-bond donors (Lipinski definition) is 0. The van der Waals surface area contributed by atoms with E-state index in [0.29, 0.717) is 25.9 Å². The zero-order chi connectivity index (χ0) is 21.3. The maximum atomic E-state index is 12.7. The van der Waals surface area contributed by atoms with Crippen LogP contribution in [0, 0.1) is 11.8 Å². The molecule has 0 radical (unpaired) electrons. The van der Waals surface area contributed by atoms with Crippen LogP contribution in [0.25, 0.3) is 0 Å². The molecule has 7 heteroatoms. The molecule has 7 nitrogen and oxygen atoms in total. The van der Waals surface area contributed by atoms with Crippen molar-refractivity contribution in [3.05, 3.63) is 47.5 Å². The molecular formula is C23H26N2O5. The van der Waals surface area contributed by atoms with Gasteiger partial charge in [0.25, 0.3) is 5.91 Å². The number of nitrogens with zero attached hydrogens (tertiary/aromatic N) is 2. The predicted molar refractivity (Wildman–Crippen MR) is 108 cm³/mol. The SMILES string of the molecule is C[C@@H](OC(=O)CCN1C(=O)[C@H]2CC=CC[C@@H]2C1=O)C(=O)N1CCc2ccccc2C1. The largest absolute Gasteiger partial charge is 0.452 e. The summed E-state index contributed by atoms with van der Waals surface area (Å²) in [7, 11) is 0. The third-order valence-electron chi connectivity index (χ3n) is 6.24. The van der Waals surface area contributed by atoms with Gasteiger partial charge in [0.05, 0.1) is 18.3 Å². The van der Waals surface area contributed by atoms with Crippen LogP contribution in [0.1, 0.15) is 37.3 Å². The highest BCUT2D eigenvalue weighted by Gasteiger charge is 2.47. The van der Waals surface area contributed by atoms with Crippen LogP contribution >= 0.6 is 0 Å². The van der Waals surface area contributed by atoms with Crippen LogP contribution in [0.5, 0.6) is 0 Å². The maximum absolute atomic E-state index is 12.7. The number of amides is 3. The van der Waals surface area contributed by atoms with E-state index in [0.717, 1.165) is 12.0 Å². The Morgan fingerprint density at radius 2 is 1.70 bits per heavy atom. The zero-order valence-corrected chi connectivity index (χ0v) is 17.1. The van der Waals surface area contributed by atoms with Gasteiger partial charge < -0.3 is 9.64 Å². The normalized spacial score (nSPS) is 23.8. The monoisotopic (exact) mass is 410 g/mol. The van der Waals surface area contributed by atoms with Gasteiger partial charge in [-0.2, -0.15) is 0 Å². The summed E-state index contributed by atoms with van der Waals surface area (Å²) < 4.78 is 5.31. The zero-order valence-electron chi connectivity index (χ0n) is 17.1. The molecule has 2 heterocycles. The van der Waals surface area contributed by atoms with E-state index in [9.17, 15) is 19.2 Å². The Labute approximate surface area is 175 Å². The number of carbonyl (C=O) groups excluding carboxylic acids is 4. The molecule has 1 aromatic rings. The van der Waals surface area contributed by atoms with E-state index in [2.05, 4.69) is 6.07 Å². The summed E-state index contributed by atoms with van der Waals surface area (Å²) in [5.41, 5.74) is 2.35. The summed E-state index contributed by atoms with van der Waals surface area (Å²) in [6.45, 7) is 2.66. The third kappa shape index (κ3) is 3.88. The van der Waals surface area contributed by atoms with Crippen LogP contribution in [0.2, 0.25) is 0 Å². The lowest BCUT2D eigenvalue weighted by molar-refractivity contribution is -0.160. The molecule has 0 saturated carbocycles. The first-order valence-corrected chi connectivity index (χ1v) is 10.5. The van der Waals surface area contributed by atoms with E-state index in [1.807, 2.05) is 30.4 Å². The quantitative estimate of drug-likeness (QED) is 0.420. The van der Waals surface area contributed by atoms with Crippen molar-refractivity contribution in [1.29, 1.82) is 0 Å². The molecule has 30 heavy (non-hydrogen) atoms. The number of imide groups is 1. The third-order valence-corrected chi connectivity index (χ3v) is 6.24. The standard InChI is InChI=1S/C23H26N2O5/c1-15(21(27)24-12-10-16-6-2-3-7-17(16)14-24)30-20(26)11-13-25-22(28)18-8-4-5-9-19(18)23(25)29/h2-7,15,18-19H,8-14H2,1H3/t15-,18+,19+/m1/s1. The van der Waals surface area contributed by atoms with Crippen molar-refractivity contribution in [3.8, 4) is 0 Å². The van der Waals surface area contributed by atoms with Gasteiger partial charge in [-0.3, -0.25) is 24.1 Å². The van der Waals surface area contributed by atoms with E-state index >= 15 is 0 Å². The molecule has 1 saturated heterocycles. The number of ether oxygens (including phenoxy) is 1. The van der Waals surface area contributed by atoms with Gasteiger partial charge in [0.1, 0.15) is 0 Å². The molecule has 0 spiro atoms. The van der Waals surface area contributed by atoms with Gasteiger partial charge in [-0.1, -0.05) is 36.4 Å². The number of benzene rings is 1. The average Bonchev–Trinajstić information content (AvgIpc) is 3.01. The Bertz CT molecular complexity index is 883. The Balaban J connectivity index is 1.27. The predicted octanol–water partition coefficient (Wildman–Crippen LogP) is 1.84. The van der Waals surface area contributed by atoms with Crippen molar-refractivity contribution in [1.82, 2.24) is 9.80 Å². The highest BCUT2D eigenvalue weighted by atomic mass is 16.5. The van der Waals surface area contributed by atoms with Gasteiger partial charge in [-0.25, -0.2) is 0 Å². The smallest absolute Gasteiger partial charge is 0.308 e. The second-order valence-electron chi connectivity index (χ2n) is 8.14. The summed E-state index contributed by atoms with van der Waals surface area (Å²) in [5, 5.41) is 0. The topological polar surface area (TPSA) is 84.0 Å². The first-order chi connectivity index (χ1) is 14.5. The number of allylic oxidation sites excluding steroid dienone is 2. The van der Waals surface area contributed by atoms with E-state index in [-0.39, 0.29) is 42.5 Å². The molecule has 0 N–H and O–H groups in total. The van der Waals surface area contributed by atoms with Gasteiger partial charge >= 0.3 is 5.97 Å². The molecule has 0 aromatic heterocycles. The first-order valence-electron chi connectivity index (χ1n) is 10.5. The summed E-state index contributed by atoms with van der Waals surface area (Å²) in [6.07, 6.45) is 4.76. The Morgan fingerprint density at radius 1 is 1.07 bits per heavy atom. The number of rotatable bonds is 5. The van der Waals surface area contributed by atoms with Crippen molar-refractivity contribution >= 4 is 23.7 Å². The van der Waals surface area contributed by atoms with Crippen LogP contribution in [-0.4, -0.2) is 52.7 Å². The minimum atomic E-state index is -0.903. The number of esters is 1. The fourth-order valence-corrected chi connectivity index (χ4v) is 4.54. The van der Waals surface area contributed by atoms with Crippen molar-refractivity contribution in [2.75, 3.05) is 13.1 Å². The maximum Gasteiger partial charge on any atom is 0.308 e. The van der Waals surface area contributed by atoms with Gasteiger partial charge in [-0.15, -0.1) is 0 Å². The summed E-state index contributed by atoms with van der Waals surface area (Å²) >= 11 is 0. The van der Waals surface area contributed by atoms with E-state index < -0.39 is 12.1 Å². The Morgan fingerprint density at radius 3 is 2.37 bits per heavy atom. The second-order valence-corrected chi connectivity index (χ2v) is 8.14. The molecule has 3 atom stereocenters. The lowest BCUT2D eigenvalue weighted by Gasteiger charge is -2.30. The van der Waals surface area contributed by atoms with Crippen molar-refractivity contribution in [3.63, 3.8) is 0 Å². The van der Waals surface area contributed by atoms with Gasteiger partial charge in [0.2, 0.25) is 11.8 Å². The molecule has 0 unspecified atom stereocenters. The molecule has 3 amide bonds. The van der Waals surface area contributed by atoms with E-state index in [1.165, 1.54) is 10.5 Å². The Hall–Kier alpha value is -2.96. The average molecular weight is 410 g/mol. The van der Waals surface area contributed by atoms with Crippen LogP contribution in [0.15, 0.2) is 36.4 Å². The van der Waals surface area contributed by atoms with Crippen molar-refractivity contribution in [2.45, 2.75) is 45.3 Å². The fraction of sp³-hybridized carbons (Fsp3) is 0.478. The number of likely N-dealkylation sites (tertiary alicyclic amines) is 1. The van der Waals surface area contributed by atoms with Gasteiger partial charge in [0.15, 0.2) is 6.10 Å². The number of fused-ring (bicyclic) bond motifs is 2. The minimum Gasteiger partial charge on any atom is -0.452 e. The molecule has 4 rings (SSSR count). The fourth-order valence-electron chi connectivity index (χ4n) is 4.54. The molecular weight excluding hydrogens is 384 g/mol. The van der Waals surface area contributed by atoms with Crippen LogP contribution in [-0.2, 0) is 36.9 Å². The van der Waals surface area contributed by atoms with Gasteiger partial charge in [-0.05, 0) is 37.3 Å². The highest BCUT2D eigenvalue weighted by molar-refractivity contribution is 6.05. The molecule has 1 aliphatic carbocycles. The van der Waals surface area contributed by atoms with E-state index in [4.69, 9.17) is 4.74 Å². The van der Waals surface area contributed by atoms with Crippen molar-refractivity contribution in [2.24, 2.45) is 11.8 Å². The van der Waals surface area contributed by atoms with Gasteiger partial charge in [0, 0.05) is 19.6 Å². The van der Waals surface area contributed by atoms with Crippen LogP contribution < -0.4 is 0 Å². The number of carbonyl (C=O) groups is 4. The summed E-state index contributed by atoms with van der Waals surface area (Å²) in [6, 6.07) is 8.00. The lowest BCUT2D eigenvalue weighted by atomic mass is 9.85. The molecule has 1 fully saturated rings. The molecule has 158 valence electrons. The highest BCUT2D eigenvalue weighted by Crippen LogP contribution is 2.35. The molecule has 1 aromatic carbocycles. The van der Waals surface area contributed by atoms with Crippen LogP contribution in [0.4, 0.5) is 0 Å². The van der Waals surface area contributed by atoms with Crippen molar-refractivity contribution < 1.29 is 23.9 Å². The Kier molecular flexibility index (Phi) is 5.70.